The number of hydrogen-bond donors (Lipinski definition) is 0. The summed E-state index contributed by atoms with van der Waals surface area (Å²) >= 11 is 1.76. The lowest BCUT2D eigenvalue weighted by Gasteiger charge is -2.00. The van der Waals surface area contributed by atoms with Crippen molar-refractivity contribution in [3.63, 3.8) is 0 Å². The first-order valence-electron chi connectivity index (χ1n) is 3.94. The van der Waals surface area contributed by atoms with Crippen LogP contribution < -0.4 is 0 Å². The second kappa shape index (κ2) is 4.88. The van der Waals surface area contributed by atoms with Crippen molar-refractivity contribution in [3.8, 4) is 0 Å². The van der Waals surface area contributed by atoms with E-state index in [4.69, 9.17) is 0 Å². The Hall–Kier alpha value is -0.700. The summed E-state index contributed by atoms with van der Waals surface area (Å²) in [6.07, 6.45) is 0. The van der Waals surface area contributed by atoms with Crippen LogP contribution in [0.25, 0.3) is 0 Å². The molecule has 0 spiro atoms. The fourth-order valence-corrected chi connectivity index (χ4v) is 2.48. The predicted molar refractivity (Wildman–Crippen MR) is 64.6 cm³/mol. The molecule has 0 heterocycles. The van der Waals surface area contributed by atoms with Crippen molar-refractivity contribution < 1.29 is 13.3 Å². The summed E-state index contributed by atoms with van der Waals surface area (Å²) in [5.74, 6) is -0.155. The normalized spacial score (nSPS) is 11.3. The van der Waals surface area contributed by atoms with Gasteiger partial charge in [0.2, 0.25) is 0 Å². The van der Waals surface area contributed by atoms with Gasteiger partial charge >= 0.3 is 0 Å². The van der Waals surface area contributed by atoms with Crippen LogP contribution in [-0.2, 0) is 15.6 Å². The Morgan fingerprint density at radius 3 is 2.60 bits per heavy atom. The summed E-state index contributed by atoms with van der Waals surface area (Å²) in [4.78, 5) is 9.90. The van der Waals surface area contributed by atoms with E-state index < -0.39 is 14.8 Å². The predicted octanol–water partition coefficient (Wildman–Crippen LogP) is 1.90. The number of halogens is 1. The standard InChI is InChI=1S/C8H8INO4S/c9-6-15(13,14)5-7-2-1-3-8(4-7)10(11)12/h1-4H,5-6H2. The minimum Gasteiger partial charge on any atom is -0.258 e. The number of alkyl halides is 1. The molecule has 0 bridgehead atoms. The minimum atomic E-state index is -3.15. The number of rotatable bonds is 4. The van der Waals surface area contributed by atoms with Crippen molar-refractivity contribution in [2.45, 2.75) is 5.75 Å². The van der Waals surface area contributed by atoms with Gasteiger partial charge in [-0.3, -0.25) is 10.1 Å². The average Bonchev–Trinajstić information content (AvgIpc) is 2.17. The molecule has 1 aromatic carbocycles. The van der Waals surface area contributed by atoms with E-state index in [-0.39, 0.29) is 15.2 Å². The molecule has 0 unspecified atom stereocenters. The largest absolute Gasteiger partial charge is 0.269 e. The molecule has 7 heteroatoms. The Balaban J connectivity index is 2.97. The van der Waals surface area contributed by atoms with Gasteiger partial charge in [0, 0.05) is 12.1 Å². The van der Waals surface area contributed by atoms with Crippen molar-refractivity contribution in [2.24, 2.45) is 0 Å². The molecule has 82 valence electrons. The molecule has 0 radical (unpaired) electrons. The van der Waals surface area contributed by atoms with Gasteiger partial charge in [-0.25, -0.2) is 8.42 Å². The summed E-state index contributed by atoms with van der Waals surface area (Å²) in [6, 6.07) is 5.66. The molecule has 0 N–H and O–H groups in total. The topological polar surface area (TPSA) is 77.3 Å². The Morgan fingerprint density at radius 2 is 2.07 bits per heavy atom. The van der Waals surface area contributed by atoms with E-state index in [0.717, 1.165) is 0 Å². The molecule has 15 heavy (non-hydrogen) atoms. The third kappa shape index (κ3) is 3.74. The van der Waals surface area contributed by atoms with E-state index in [0.29, 0.717) is 5.56 Å². The second-order valence-electron chi connectivity index (χ2n) is 2.92. The van der Waals surface area contributed by atoms with E-state index in [2.05, 4.69) is 0 Å². The summed E-state index contributed by atoms with van der Waals surface area (Å²) in [7, 11) is -3.15. The molecule has 0 aliphatic rings. The summed E-state index contributed by atoms with van der Waals surface area (Å²) in [5.41, 5.74) is 0.358. The van der Waals surface area contributed by atoms with Crippen molar-refractivity contribution in [1.29, 1.82) is 0 Å². The SMILES string of the molecule is O=[N+]([O-])c1cccc(CS(=O)(=O)CI)c1. The van der Waals surface area contributed by atoms with E-state index in [9.17, 15) is 18.5 Å². The maximum Gasteiger partial charge on any atom is 0.269 e. The molecule has 1 rings (SSSR count). The zero-order chi connectivity index (χ0) is 11.5. The van der Waals surface area contributed by atoms with E-state index in [1.807, 2.05) is 0 Å². The minimum absolute atomic E-state index is 0.00739. The van der Waals surface area contributed by atoms with Crippen molar-refractivity contribution in [3.05, 3.63) is 39.9 Å². The highest BCUT2D eigenvalue weighted by atomic mass is 127. The molecule has 0 amide bonds. The van der Waals surface area contributed by atoms with Crippen LogP contribution in [0.4, 0.5) is 5.69 Å². The molecule has 0 saturated heterocycles. The Labute approximate surface area is 101 Å². The Kier molecular flexibility index (Phi) is 4.03. The molecule has 0 saturated carbocycles. The molecule has 0 aliphatic carbocycles. The maximum atomic E-state index is 11.3. The summed E-state index contributed by atoms with van der Waals surface area (Å²) in [6.45, 7) is 0. The molecular weight excluding hydrogens is 333 g/mol. The zero-order valence-corrected chi connectivity index (χ0v) is 10.6. The first kappa shape index (κ1) is 12.4. The Morgan fingerprint density at radius 1 is 1.40 bits per heavy atom. The van der Waals surface area contributed by atoms with Gasteiger partial charge in [-0.1, -0.05) is 34.7 Å². The number of benzene rings is 1. The van der Waals surface area contributed by atoms with Crippen LogP contribution in [0.15, 0.2) is 24.3 Å². The number of non-ortho nitro benzene ring substituents is 1. The van der Waals surface area contributed by atoms with Gasteiger partial charge < -0.3 is 0 Å². The van der Waals surface area contributed by atoms with Crippen LogP contribution in [0.5, 0.6) is 0 Å². The lowest BCUT2D eigenvalue weighted by molar-refractivity contribution is -0.384. The Bertz CT molecular complexity index is 471. The van der Waals surface area contributed by atoms with Crippen LogP contribution in [-0.4, -0.2) is 17.1 Å². The second-order valence-corrected chi connectivity index (χ2v) is 6.79. The number of sulfone groups is 1. The number of hydrogen-bond acceptors (Lipinski definition) is 4. The van der Waals surface area contributed by atoms with Crippen LogP contribution in [0, 0.1) is 10.1 Å². The summed E-state index contributed by atoms with van der Waals surface area (Å²) < 4.78 is 22.6. The van der Waals surface area contributed by atoms with Crippen LogP contribution in [0.1, 0.15) is 5.56 Å². The van der Waals surface area contributed by atoms with Crippen molar-refractivity contribution in [2.75, 3.05) is 3.76 Å². The van der Waals surface area contributed by atoms with E-state index >= 15 is 0 Å². The molecule has 0 aliphatic heterocycles. The highest BCUT2D eigenvalue weighted by Crippen LogP contribution is 2.16. The van der Waals surface area contributed by atoms with Crippen LogP contribution >= 0.6 is 22.6 Å². The maximum absolute atomic E-state index is 11.3. The fourth-order valence-electron chi connectivity index (χ4n) is 1.05. The quantitative estimate of drug-likeness (QED) is 0.363. The zero-order valence-electron chi connectivity index (χ0n) is 7.59. The van der Waals surface area contributed by atoms with Gasteiger partial charge in [-0.15, -0.1) is 0 Å². The monoisotopic (exact) mass is 341 g/mol. The number of nitrogens with zero attached hydrogens (tertiary/aromatic N) is 1. The first-order chi connectivity index (χ1) is 6.94. The number of nitro benzene ring substituents is 1. The molecular formula is C8H8INO4S. The van der Waals surface area contributed by atoms with Gasteiger partial charge in [0.25, 0.3) is 5.69 Å². The molecule has 0 atom stereocenters. The third-order valence-corrected chi connectivity index (χ3v) is 5.63. The van der Waals surface area contributed by atoms with Gasteiger partial charge in [0.15, 0.2) is 9.84 Å². The summed E-state index contributed by atoms with van der Waals surface area (Å²) in [5, 5.41) is 10.4. The average molecular weight is 341 g/mol. The molecule has 0 aromatic heterocycles. The van der Waals surface area contributed by atoms with E-state index in [1.54, 1.807) is 28.7 Å². The lowest BCUT2D eigenvalue weighted by atomic mass is 10.2. The number of nitro groups is 1. The first-order valence-corrected chi connectivity index (χ1v) is 7.29. The van der Waals surface area contributed by atoms with Crippen molar-refractivity contribution in [1.82, 2.24) is 0 Å². The van der Waals surface area contributed by atoms with Crippen LogP contribution in [0.2, 0.25) is 0 Å². The van der Waals surface area contributed by atoms with Gasteiger partial charge in [-0.2, -0.15) is 0 Å². The molecule has 1 aromatic rings. The molecule has 0 fully saturated rings. The van der Waals surface area contributed by atoms with Gasteiger partial charge in [-0.05, 0) is 5.56 Å². The molecule has 5 nitrogen and oxygen atoms in total. The fraction of sp³-hybridized carbons (Fsp3) is 0.250. The van der Waals surface area contributed by atoms with Crippen LogP contribution in [0.3, 0.4) is 0 Å². The highest BCUT2D eigenvalue weighted by Gasteiger charge is 2.12. The smallest absolute Gasteiger partial charge is 0.258 e. The van der Waals surface area contributed by atoms with Gasteiger partial charge in [0.05, 0.1) is 10.7 Å². The highest BCUT2D eigenvalue weighted by molar-refractivity contribution is 14.1. The van der Waals surface area contributed by atoms with E-state index in [1.165, 1.54) is 18.2 Å². The third-order valence-electron chi connectivity index (χ3n) is 1.67. The van der Waals surface area contributed by atoms with Gasteiger partial charge in [0.1, 0.15) is 3.76 Å². The lowest BCUT2D eigenvalue weighted by Crippen LogP contribution is -2.04. The van der Waals surface area contributed by atoms with Crippen molar-refractivity contribution >= 4 is 38.1 Å².